The molecular formula is C30H42N4O3S. The first-order valence-electron chi connectivity index (χ1n) is 13.8. The molecule has 38 heavy (non-hydrogen) atoms. The fourth-order valence-electron chi connectivity index (χ4n) is 5.91. The topological polar surface area (TPSA) is 99.5 Å². The van der Waals surface area contributed by atoms with Crippen molar-refractivity contribution in [1.29, 1.82) is 0 Å². The Morgan fingerprint density at radius 2 is 1.71 bits per heavy atom. The lowest BCUT2D eigenvalue weighted by Gasteiger charge is -2.33. The summed E-state index contributed by atoms with van der Waals surface area (Å²) in [5.41, 5.74) is 10.7. The minimum absolute atomic E-state index is 0.166. The molecule has 2 aromatic carbocycles. The van der Waals surface area contributed by atoms with Gasteiger partial charge in [-0.3, -0.25) is 9.69 Å². The Kier molecular flexibility index (Phi) is 8.96. The SMILES string of the molecule is CC(C)N(CCCS(=O)(=O)N1CCC(c2c[nH]c3c(CC(N)=O)cc(-c4ccccc4)cc23)CC1)C(C)C. The van der Waals surface area contributed by atoms with E-state index in [1.165, 1.54) is 5.56 Å². The monoisotopic (exact) mass is 538 g/mol. The Labute approximate surface area is 227 Å². The molecule has 1 saturated heterocycles. The van der Waals surface area contributed by atoms with Crippen LogP contribution in [-0.4, -0.2) is 66.0 Å². The number of nitrogens with one attached hydrogen (secondary N) is 1. The number of nitrogens with zero attached hydrogens (tertiary/aromatic N) is 2. The molecule has 8 heteroatoms. The van der Waals surface area contributed by atoms with Crippen LogP contribution in [0.3, 0.4) is 0 Å². The van der Waals surface area contributed by atoms with Crippen molar-refractivity contribution in [3.63, 3.8) is 0 Å². The second kappa shape index (κ2) is 12.0. The van der Waals surface area contributed by atoms with Crippen LogP contribution >= 0.6 is 0 Å². The first kappa shape index (κ1) is 28.3. The van der Waals surface area contributed by atoms with Crippen LogP contribution in [0.5, 0.6) is 0 Å². The molecule has 1 aliphatic heterocycles. The molecule has 3 N–H and O–H groups in total. The highest BCUT2D eigenvalue weighted by Crippen LogP contribution is 2.37. The van der Waals surface area contributed by atoms with E-state index in [2.05, 4.69) is 55.8 Å². The second-order valence-corrected chi connectivity index (χ2v) is 13.2. The zero-order chi connectivity index (χ0) is 27.4. The molecule has 3 aromatic rings. The van der Waals surface area contributed by atoms with E-state index in [0.29, 0.717) is 31.6 Å². The van der Waals surface area contributed by atoms with E-state index in [1.807, 2.05) is 30.5 Å². The first-order chi connectivity index (χ1) is 18.1. The molecule has 4 rings (SSSR count). The van der Waals surface area contributed by atoms with Gasteiger partial charge in [0, 0.05) is 42.3 Å². The van der Waals surface area contributed by atoms with Crippen molar-refractivity contribution in [3.05, 3.63) is 59.8 Å². The molecular weight excluding hydrogens is 496 g/mol. The van der Waals surface area contributed by atoms with Gasteiger partial charge in [-0.05, 0) is 93.8 Å². The number of hydrogen-bond donors (Lipinski definition) is 2. The minimum atomic E-state index is -3.28. The summed E-state index contributed by atoms with van der Waals surface area (Å²) in [5.74, 6) is 0.0774. The molecule has 206 valence electrons. The molecule has 2 heterocycles. The number of aromatic amines is 1. The second-order valence-electron chi connectivity index (χ2n) is 11.1. The van der Waals surface area contributed by atoms with Crippen LogP contribution < -0.4 is 5.73 Å². The van der Waals surface area contributed by atoms with Gasteiger partial charge in [0.25, 0.3) is 0 Å². The molecule has 0 aliphatic carbocycles. The van der Waals surface area contributed by atoms with Crippen molar-refractivity contribution < 1.29 is 13.2 Å². The van der Waals surface area contributed by atoms with Crippen molar-refractivity contribution in [3.8, 4) is 11.1 Å². The summed E-state index contributed by atoms with van der Waals surface area (Å²) in [6.07, 6.45) is 4.39. The van der Waals surface area contributed by atoms with Gasteiger partial charge in [0.2, 0.25) is 15.9 Å². The minimum Gasteiger partial charge on any atom is -0.369 e. The Bertz CT molecular complexity index is 1330. The quantitative estimate of drug-likeness (QED) is 0.363. The number of sulfonamides is 1. The highest BCUT2D eigenvalue weighted by atomic mass is 32.2. The Morgan fingerprint density at radius 1 is 1.05 bits per heavy atom. The number of amides is 1. The van der Waals surface area contributed by atoms with Gasteiger partial charge in [-0.1, -0.05) is 30.3 Å². The van der Waals surface area contributed by atoms with Gasteiger partial charge in [0.15, 0.2) is 0 Å². The number of primary amides is 1. The summed E-state index contributed by atoms with van der Waals surface area (Å²) in [4.78, 5) is 17.6. The van der Waals surface area contributed by atoms with E-state index < -0.39 is 10.0 Å². The van der Waals surface area contributed by atoms with Gasteiger partial charge in [-0.2, -0.15) is 0 Å². The van der Waals surface area contributed by atoms with Crippen LogP contribution in [-0.2, 0) is 21.2 Å². The molecule has 1 fully saturated rings. The summed E-state index contributed by atoms with van der Waals surface area (Å²) in [5, 5.41) is 1.09. The highest BCUT2D eigenvalue weighted by molar-refractivity contribution is 7.89. The summed E-state index contributed by atoms with van der Waals surface area (Å²) in [6.45, 7) is 10.5. The van der Waals surface area contributed by atoms with Crippen molar-refractivity contribution in [1.82, 2.24) is 14.2 Å². The zero-order valence-corrected chi connectivity index (χ0v) is 23.9. The van der Waals surface area contributed by atoms with Crippen molar-refractivity contribution in [2.75, 3.05) is 25.4 Å². The fourth-order valence-corrected chi connectivity index (χ4v) is 7.43. The molecule has 1 amide bonds. The molecule has 0 bridgehead atoms. The number of hydrogen-bond acceptors (Lipinski definition) is 4. The maximum absolute atomic E-state index is 13.1. The smallest absolute Gasteiger partial charge is 0.221 e. The Balaban J connectivity index is 1.49. The van der Waals surface area contributed by atoms with Gasteiger partial charge >= 0.3 is 0 Å². The Morgan fingerprint density at radius 3 is 2.32 bits per heavy atom. The zero-order valence-electron chi connectivity index (χ0n) is 23.1. The normalized spacial score (nSPS) is 15.8. The van der Waals surface area contributed by atoms with E-state index in [0.717, 1.165) is 47.0 Å². The molecule has 1 aliphatic rings. The standard InChI is InChI=1S/C30H42N4O3S/c1-21(2)34(22(3)4)13-8-16-38(36,37)33-14-11-24(12-15-33)28-20-32-30-26(19-29(31)35)17-25(18-27(28)30)23-9-6-5-7-10-23/h5-7,9-10,17-18,20-22,24,32H,8,11-16,19H2,1-4H3,(H2,31,35). The van der Waals surface area contributed by atoms with E-state index in [9.17, 15) is 13.2 Å². The maximum atomic E-state index is 13.1. The number of piperidine rings is 1. The third kappa shape index (κ3) is 6.47. The van der Waals surface area contributed by atoms with Crippen molar-refractivity contribution in [2.24, 2.45) is 5.73 Å². The van der Waals surface area contributed by atoms with Gasteiger partial charge in [0.1, 0.15) is 0 Å². The van der Waals surface area contributed by atoms with Crippen LogP contribution in [0.2, 0.25) is 0 Å². The lowest BCUT2D eigenvalue weighted by atomic mass is 9.88. The molecule has 0 saturated carbocycles. The first-order valence-corrected chi connectivity index (χ1v) is 15.4. The number of H-pyrrole nitrogens is 1. The van der Waals surface area contributed by atoms with Crippen LogP contribution in [0.15, 0.2) is 48.7 Å². The third-order valence-electron chi connectivity index (χ3n) is 7.81. The molecule has 0 unspecified atom stereocenters. The average Bonchev–Trinajstić information content (AvgIpc) is 3.31. The lowest BCUT2D eigenvalue weighted by Crippen LogP contribution is -2.41. The molecule has 0 atom stereocenters. The number of carbonyl (C=O) groups excluding carboxylic acids is 1. The maximum Gasteiger partial charge on any atom is 0.221 e. The van der Waals surface area contributed by atoms with E-state index in [1.54, 1.807) is 4.31 Å². The summed E-state index contributed by atoms with van der Waals surface area (Å²) >= 11 is 0. The fraction of sp³-hybridized carbons (Fsp3) is 0.500. The van der Waals surface area contributed by atoms with Crippen LogP contribution in [0.1, 0.15) is 64.0 Å². The van der Waals surface area contributed by atoms with Crippen molar-refractivity contribution >= 4 is 26.8 Å². The number of benzene rings is 2. The Hall–Kier alpha value is -2.68. The number of nitrogens with two attached hydrogens (primary N) is 1. The molecule has 0 spiro atoms. The van der Waals surface area contributed by atoms with Gasteiger partial charge in [-0.15, -0.1) is 0 Å². The van der Waals surface area contributed by atoms with Crippen LogP contribution in [0, 0.1) is 0 Å². The lowest BCUT2D eigenvalue weighted by molar-refractivity contribution is -0.117. The largest absolute Gasteiger partial charge is 0.369 e. The number of carbonyl (C=O) groups is 1. The summed E-state index contributed by atoms with van der Waals surface area (Å²) in [7, 11) is -3.28. The predicted molar refractivity (Wildman–Crippen MR) is 156 cm³/mol. The predicted octanol–water partition coefficient (Wildman–Crippen LogP) is 4.88. The van der Waals surface area contributed by atoms with Gasteiger partial charge in [-0.25, -0.2) is 12.7 Å². The molecule has 0 radical (unpaired) electrons. The highest BCUT2D eigenvalue weighted by Gasteiger charge is 2.30. The summed E-state index contributed by atoms with van der Waals surface area (Å²) in [6, 6.07) is 15.1. The molecule has 7 nitrogen and oxygen atoms in total. The van der Waals surface area contributed by atoms with Crippen LogP contribution in [0.25, 0.3) is 22.0 Å². The number of aromatic nitrogens is 1. The van der Waals surface area contributed by atoms with Gasteiger partial charge < -0.3 is 10.7 Å². The third-order valence-corrected chi connectivity index (χ3v) is 9.76. The van der Waals surface area contributed by atoms with Gasteiger partial charge in [0.05, 0.1) is 12.2 Å². The number of rotatable bonds is 11. The van der Waals surface area contributed by atoms with E-state index >= 15 is 0 Å². The van der Waals surface area contributed by atoms with E-state index in [-0.39, 0.29) is 24.0 Å². The average molecular weight is 539 g/mol. The summed E-state index contributed by atoms with van der Waals surface area (Å²) < 4.78 is 27.9. The van der Waals surface area contributed by atoms with E-state index in [4.69, 9.17) is 5.73 Å². The number of fused-ring (bicyclic) bond motifs is 1. The molecule has 1 aromatic heterocycles. The van der Waals surface area contributed by atoms with Crippen LogP contribution in [0.4, 0.5) is 0 Å². The van der Waals surface area contributed by atoms with Crippen molar-refractivity contribution in [2.45, 2.75) is 71.4 Å².